The lowest BCUT2D eigenvalue weighted by atomic mass is 10.3. The van der Waals surface area contributed by atoms with Crippen molar-refractivity contribution in [2.45, 2.75) is 0 Å². The molecule has 3 aromatic heterocycles. The van der Waals surface area contributed by atoms with Crippen LogP contribution in [0.5, 0.6) is 0 Å². The minimum Gasteiger partial charge on any atom is -0.323 e. The molecule has 3 heterocycles. The van der Waals surface area contributed by atoms with Gasteiger partial charge in [-0.3, -0.25) is 4.40 Å². The number of anilines is 1. The number of imidazole rings is 2. The number of aromatic nitrogens is 4. The van der Waals surface area contributed by atoms with Crippen LogP contribution in [0.15, 0.2) is 40.9 Å². The largest absolute Gasteiger partial charge is 0.323 e. The fourth-order valence-corrected chi connectivity index (χ4v) is 3.04. The summed E-state index contributed by atoms with van der Waals surface area (Å²) in [5.74, 6) is 0.578. The average Bonchev–Trinajstić information content (AvgIpc) is 3.14. The van der Waals surface area contributed by atoms with Crippen LogP contribution in [0.2, 0.25) is 5.15 Å². The Morgan fingerprint density at radius 1 is 1.33 bits per heavy atom. The molecule has 0 amide bonds. The number of H-pyrrole nitrogens is 1. The summed E-state index contributed by atoms with van der Waals surface area (Å²) in [7, 11) is 0. The summed E-state index contributed by atoms with van der Waals surface area (Å²) in [5.41, 5.74) is 5.44. The van der Waals surface area contributed by atoms with Gasteiger partial charge in [-0.25, -0.2) is 15.4 Å². The Kier molecular flexibility index (Phi) is 2.87. The molecule has 8 heteroatoms. The molecule has 0 aliphatic heterocycles. The second-order valence-corrected chi connectivity index (χ2v) is 5.55. The predicted octanol–water partition coefficient (Wildman–Crippen LogP) is 3.37. The highest BCUT2D eigenvalue weighted by molar-refractivity contribution is 7.15. The third-order valence-electron chi connectivity index (χ3n) is 3.00. The summed E-state index contributed by atoms with van der Waals surface area (Å²) in [4.78, 5) is 12.6. The third-order valence-corrected chi connectivity index (χ3v) is 4.04. The number of nitrogens with zero attached hydrogens (tertiary/aromatic N) is 4. The van der Waals surface area contributed by atoms with E-state index in [1.54, 1.807) is 6.21 Å². The molecular formula is C13H9ClN6S. The van der Waals surface area contributed by atoms with Crippen LogP contribution in [0.25, 0.3) is 16.0 Å². The van der Waals surface area contributed by atoms with E-state index in [1.807, 2.05) is 40.2 Å². The zero-order chi connectivity index (χ0) is 14.2. The summed E-state index contributed by atoms with van der Waals surface area (Å²) in [6, 6.07) is 7.78. The molecule has 6 nitrogen and oxygen atoms in total. The molecule has 0 atom stereocenters. The van der Waals surface area contributed by atoms with Crippen molar-refractivity contribution in [3.8, 4) is 0 Å². The summed E-state index contributed by atoms with van der Waals surface area (Å²) in [6.07, 6.45) is 3.53. The molecule has 0 aliphatic rings. The van der Waals surface area contributed by atoms with E-state index in [0.29, 0.717) is 11.1 Å². The van der Waals surface area contributed by atoms with Gasteiger partial charge in [0.1, 0.15) is 5.69 Å². The van der Waals surface area contributed by atoms with E-state index in [-0.39, 0.29) is 0 Å². The lowest BCUT2D eigenvalue weighted by Gasteiger charge is -1.94. The maximum atomic E-state index is 6.09. The molecule has 1 aromatic carbocycles. The van der Waals surface area contributed by atoms with Gasteiger partial charge in [-0.1, -0.05) is 23.7 Å². The normalized spacial score (nSPS) is 11.9. The Hall–Kier alpha value is -2.38. The first-order valence-electron chi connectivity index (χ1n) is 6.16. The van der Waals surface area contributed by atoms with Gasteiger partial charge in [-0.2, -0.15) is 5.10 Å². The molecule has 21 heavy (non-hydrogen) atoms. The molecule has 0 aliphatic carbocycles. The Morgan fingerprint density at radius 2 is 2.24 bits per heavy atom. The van der Waals surface area contributed by atoms with Crippen LogP contribution in [0.1, 0.15) is 5.69 Å². The molecule has 104 valence electrons. The number of hydrogen-bond acceptors (Lipinski definition) is 5. The number of aromatic amines is 1. The zero-order valence-corrected chi connectivity index (χ0v) is 12.2. The van der Waals surface area contributed by atoms with Crippen LogP contribution >= 0.6 is 22.9 Å². The summed E-state index contributed by atoms with van der Waals surface area (Å²) in [5, 5.41) is 6.54. The first-order chi connectivity index (χ1) is 10.3. The molecule has 0 fully saturated rings. The van der Waals surface area contributed by atoms with Gasteiger partial charge in [-0.15, -0.1) is 11.3 Å². The molecule has 4 aromatic rings. The van der Waals surface area contributed by atoms with Crippen LogP contribution < -0.4 is 5.43 Å². The average molecular weight is 317 g/mol. The predicted molar refractivity (Wildman–Crippen MR) is 85.4 cm³/mol. The number of para-hydroxylation sites is 2. The van der Waals surface area contributed by atoms with Gasteiger partial charge in [0.2, 0.25) is 5.95 Å². The first-order valence-corrected chi connectivity index (χ1v) is 7.42. The van der Waals surface area contributed by atoms with Gasteiger partial charge in [0.25, 0.3) is 0 Å². The first kappa shape index (κ1) is 12.4. The van der Waals surface area contributed by atoms with Crippen LogP contribution in [0, 0.1) is 0 Å². The van der Waals surface area contributed by atoms with Crippen LogP contribution in [0.4, 0.5) is 5.95 Å². The van der Waals surface area contributed by atoms with Crippen molar-refractivity contribution < 1.29 is 0 Å². The van der Waals surface area contributed by atoms with Gasteiger partial charge in [0.15, 0.2) is 10.1 Å². The standard InChI is InChI=1S/C13H9ClN6S/c14-11-10(20-5-6-21-13(20)18-11)7-15-19-12-16-8-3-1-2-4-9(8)17-12/h1-7H,(H2,16,17,19). The number of rotatable bonds is 3. The number of nitrogens with one attached hydrogen (secondary N) is 2. The minimum atomic E-state index is 0.428. The number of hydrogen-bond donors (Lipinski definition) is 2. The molecule has 0 unspecified atom stereocenters. The van der Waals surface area contributed by atoms with Crippen molar-refractivity contribution in [2.75, 3.05) is 5.43 Å². The summed E-state index contributed by atoms with van der Waals surface area (Å²) < 4.78 is 1.89. The maximum absolute atomic E-state index is 6.09. The highest BCUT2D eigenvalue weighted by Gasteiger charge is 2.08. The lowest BCUT2D eigenvalue weighted by Crippen LogP contribution is -1.94. The molecule has 0 saturated heterocycles. The fraction of sp³-hybridized carbons (Fsp3) is 0. The van der Waals surface area contributed by atoms with E-state index < -0.39 is 0 Å². The lowest BCUT2D eigenvalue weighted by molar-refractivity contribution is 1.19. The Balaban J connectivity index is 1.61. The van der Waals surface area contributed by atoms with Crippen molar-refractivity contribution in [3.63, 3.8) is 0 Å². The fourth-order valence-electron chi connectivity index (χ4n) is 2.05. The highest BCUT2D eigenvalue weighted by atomic mass is 35.5. The second-order valence-electron chi connectivity index (χ2n) is 4.32. The Morgan fingerprint density at radius 3 is 3.14 bits per heavy atom. The molecule has 4 rings (SSSR count). The molecule has 2 N–H and O–H groups in total. The highest BCUT2D eigenvalue weighted by Crippen LogP contribution is 2.19. The van der Waals surface area contributed by atoms with Gasteiger partial charge in [-0.05, 0) is 12.1 Å². The van der Waals surface area contributed by atoms with Crippen molar-refractivity contribution in [2.24, 2.45) is 5.10 Å². The van der Waals surface area contributed by atoms with Crippen molar-refractivity contribution in [1.29, 1.82) is 0 Å². The molecular weight excluding hydrogens is 308 g/mol. The topological polar surface area (TPSA) is 70.4 Å². The van der Waals surface area contributed by atoms with E-state index in [2.05, 4.69) is 25.5 Å². The molecule has 0 spiro atoms. The number of thiazole rings is 1. The third kappa shape index (κ3) is 2.16. The zero-order valence-electron chi connectivity index (χ0n) is 10.6. The van der Waals surface area contributed by atoms with Gasteiger partial charge in [0.05, 0.1) is 17.2 Å². The molecule has 0 radical (unpaired) electrons. The monoisotopic (exact) mass is 316 g/mol. The van der Waals surface area contributed by atoms with E-state index in [1.165, 1.54) is 11.3 Å². The van der Waals surface area contributed by atoms with Crippen LogP contribution in [-0.4, -0.2) is 25.6 Å². The molecule has 0 saturated carbocycles. The van der Waals surface area contributed by atoms with Gasteiger partial charge in [0, 0.05) is 11.6 Å². The van der Waals surface area contributed by atoms with Crippen molar-refractivity contribution in [1.82, 2.24) is 19.4 Å². The van der Waals surface area contributed by atoms with Crippen LogP contribution in [0.3, 0.4) is 0 Å². The number of fused-ring (bicyclic) bond motifs is 2. The van der Waals surface area contributed by atoms with E-state index in [0.717, 1.165) is 21.7 Å². The van der Waals surface area contributed by atoms with Gasteiger partial charge >= 0.3 is 0 Å². The summed E-state index contributed by atoms with van der Waals surface area (Å²) >= 11 is 7.61. The maximum Gasteiger partial charge on any atom is 0.222 e. The van der Waals surface area contributed by atoms with E-state index >= 15 is 0 Å². The van der Waals surface area contributed by atoms with Crippen molar-refractivity contribution >= 4 is 51.1 Å². The SMILES string of the molecule is Clc1nc2sccn2c1C=NNc1nc2ccccc2[nH]1. The van der Waals surface area contributed by atoms with Gasteiger partial charge < -0.3 is 4.98 Å². The second kappa shape index (κ2) is 4.87. The smallest absolute Gasteiger partial charge is 0.222 e. The quantitative estimate of drug-likeness (QED) is 0.449. The van der Waals surface area contributed by atoms with E-state index in [9.17, 15) is 0 Å². The van der Waals surface area contributed by atoms with E-state index in [4.69, 9.17) is 11.6 Å². The minimum absolute atomic E-state index is 0.428. The Labute approximate surface area is 128 Å². The number of hydrazone groups is 1. The number of benzene rings is 1. The summed E-state index contributed by atoms with van der Waals surface area (Å²) in [6.45, 7) is 0. The van der Waals surface area contributed by atoms with Crippen molar-refractivity contribution in [3.05, 3.63) is 46.7 Å². The molecule has 0 bridgehead atoms. The number of halogens is 1. The van der Waals surface area contributed by atoms with Crippen LogP contribution in [-0.2, 0) is 0 Å². The Bertz CT molecular complexity index is 917.